The van der Waals surface area contributed by atoms with Gasteiger partial charge in [-0.25, -0.2) is 4.79 Å². The summed E-state index contributed by atoms with van der Waals surface area (Å²) in [6, 6.07) is 6.68. The Hall–Kier alpha value is -2.30. The first-order valence-electron chi connectivity index (χ1n) is 5.51. The third-order valence-electron chi connectivity index (χ3n) is 2.82. The second kappa shape index (κ2) is 4.52. The van der Waals surface area contributed by atoms with Crippen LogP contribution in [0.2, 0.25) is 0 Å². The number of rotatable bonds is 3. The van der Waals surface area contributed by atoms with Gasteiger partial charge in [0, 0.05) is 31.2 Å². The molecule has 2 rings (SSSR count). The highest BCUT2D eigenvalue weighted by Gasteiger charge is 2.09. The Kier molecular flexibility index (Phi) is 3.06. The Morgan fingerprint density at radius 1 is 1.28 bits per heavy atom. The largest absolute Gasteiger partial charge is 0.478 e. The third-order valence-corrected chi connectivity index (χ3v) is 2.82. The predicted octanol–water partition coefficient (Wildman–Crippen LogP) is 1.43. The monoisotopic (exact) mass is 246 g/mol. The van der Waals surface area contributed by atoms with E-state index in [0.29, 0.717) is 0 Å². The maximum atomic E-state index is 11.6. The van der Waals surface area contributed by atoms with Crippen molar-refractivity contribution in [1.29, 1.82) is 0 Å². The molecule has 0 unspecified atom stereocenters. The van der Waals surface area contributed by atoms with Crippen molar-refractivity contribution in [3.05, 3.63) is 36.0 Å². The lowest BCUT2D eigenvalue weighted by Gasteiger charge is -2.11. The van der Waals surface area contributed by atoms with Crippen LogP contribution in [0.4, 0.5) is 0 Å². The van der Waals surface area contributed by atoms with Gasteiger partial charge < -0.3 is 14.6 Å². The highest BCUT2D eigenvalue weighted by atomic mass is 16.4. The van der Waals surface area contributed by atoms with Crippen LogP contribution in [0.5, 0.6) is 0 Å². The van der Waals surface area contributed by atoms with Crippen LogP contribution >= 0.6 is 0 Å². The SMILES string of the molecule is CN(C)C(=O)Cn1ccc2cc(C(=O)O)ccc21. The van der Waals surface area contributed by atoms with Crippen LogP contribution in [0.15, 0.2) is 30.5 Å². The summed E-state index contributed by atoms with van der Waals surface area (Å²) < 4.78 is 1.81. The number of aromatic carboxylic acids is 1. The normalized spacial score (nSPS) is 10.6. The van der Waals surface area contributed by atoms with Gasteiger partial charge in [0.05, 0.1) is 5.56 Å². The van der Waals surface area contributed by atoms with Crippen molar-refractivity contribution in [2.45, 2.75) is 6.54 Å². The van der Waals surface area contributed by atoms with E-state index in [0.717, 1.165) is 10.9 Å². The van der Waals surface area contributed by atoms with Crippen LogP contribution < -0.4 is 0 Å². The minimum absolute atomic E-state index is 0.00480. The topological polar surface area (TPSA) is 62.5 Å². The fourth-order valence-corrected chi connectivity index (χ4v) is 1.76. The summed E-state index contributed by atoms with van der Waals surface area (Å²) in [6.45, 7) is 0.253. The van der Waals surface area contributed by atoms with E-state index in [-0.39, 0.29) is 18.0 Å². The highest BCUT2D eigenvalue weighted by molar-refractivity contribution is 5.94. The first-order valence-corrected chi connectivity index (χ1v) is 5.51. The highest BCUT2D eigenvalue weighted by Crippen LogP contribution is 2.18. The van der Waals surface area contributed by atoms with Gasteiger partial charge in [-0.2, -0.15) is 0 Å². The summed E-state index contributed by atoms with van der Waals surface area (Å²) in [6.07, 6.45) is 1.79. The van der Waals surface area contributed by atoms with Gasteiger partial charge in [0.2, 0.25) is 5.91 Å². The number of likely N-dealkylation sites (N-methyl/N-ethyl adjacent to an activating group) is 1. The maximum Gasteiger partial charge on any atom is 0.335 e. The van der Waals surface area contributed by atoms with E-state index in [4.69, 9.17) is 5.11 Å². The lowest BCUT2D eigenvalue weighted by Crippen LogP contribution is -2.25. The molecule has 0 aliphatic rings. The second-order valence-electron chi connectivity index (χ2n) is 4.31. The van der Waals surface area contributed by atoms with Crippen molar-refractivity contribution in [1.82, 2.24) is 9.47 Å². The zero-order valence-electron chi connectivity index (χ0n) is 10.3. The number of carboxylic acids is 1. The summed E-state index contributed by atoms with van der Waals surface area (Å²) in [4.78, 5) is 24.0. The molecule has 18 heavy (non-hydrogen) atoms. The molecule has 0 radical (unpaired) electrons. The van der Waals surface area contributed by atoms with Gasteiger partial charge in [-0.3, -0.25) is 4.79 Å². The van der Waals surface area contributed by atoms with E-state index in [1.54, 1.807) is 38.5 Å². The van der Waals surface area contributed by atoms with Crippen LogP contribution in [0.3, 0.4) is 0 Å². The molecular weight excluding hydrogens is 232 g/mol. The fourth-order valence-electron chi connectivity index (χ4n) is 1.76. The van der Waals surface area contributed by atoms with Crippen LogP contribution in [0, 0.1) is 0 Å². The molecule has 0 aliphatic carbocycles. The fraction of sp³-hybridized carbons (Fsp3) is 0.231. The number of carbonyl (C=O) groups excluding carboxylic acids is 1. The van der Waals surface area contributed by atoms with E-state index in [1.807, 2.05) is 10.6 Å². The lowest BCUT2D eigenvalue weighted by atomic mass is 10.1. The molecule has 0 bridgehead atoms. The summed E-state index contributed by atoms with van der Waals surface area (Å²) in [5.74, 6) is -0.955. The van der Waals surface area contributed by atoms with Gasteiger partial charge >= 0.3 is 5.97 Å². The summed E-state index contributed by atoms with van der Waals surface area (Å²) in [7, 11) is 3.41. The minimum Gasteiger partial charge on any atom is -0.478 e. The van der Waals surface area contributed by atoms with Gasteiger partial charge in [-0.1, -0.05) is 0 Å². The summed E-state index contributed by atoms with van der Waals surface area (Å²) >= 11 is 0. The van der Waals surface area contributed by atoms with Crippen LogP contribution in [0.25, 0.3) is 10.9 Å². The zero-order chi connectivity index (χ0) is 13.3. The molecule has 1 heterocycles. The van der Waals surface area contributed by atoms with E-state index in [1.165, 1.54) is 4.90 Å². The third kappa shape index (κ3) is 2.20. The van der Waals surface area contributed by atoms with Gasteiger partial charge in [0.1, 0.15) is 6.54 Å². The lowest BCUT2D eigenvalue weighted by molar-refractivity contribution is -0.129. The summed E-state index contributed by atoms with van der Waals surface area (Å²) in [5.41, 5.74) is 1.11. The first kappa shape index (κ1) is 12.2. The Labute approximate surface area is 104 Å². The van der Waals surface area contributed by atoms with Crippen molar-refractivity contribution >= 4 is 22.8 Å². The number of fused-ring (bicyclic) bond motifs is 1. The Morgan fingerprint density at radius 3 is 2.61 bits per heavy atom. The Morgan fingerprint density at radius 2 is 2.00 bits per heavy atom. The Bertz CT molecular complexity index is 614. The van der Waals surface area contributed by atoms with Gasteiger partial charge in [0.25, 0.3) is 0 Å². The van der Waals surface area contributed by atoms with Crippen molar-refractivity contribution in [2.75, 3.05) is 14.1 Å². The first-order chi connectivity index (χ1) is 8.49. The van der Waals surface area contributed by atoms with Gasteiger partial charge in [0.15, 0.2) is 0 Å². The van der Waals surface area contributed by atoms with Gasteiger partial charge in [-0.05, 0) is 24.3 Å². The van der Waals surface area contributed by atoms with Crippen molar-refractivity contribution in [3.8, 4) is 0 Å². The number of hydrogen-bond donors (Lipinski definition) is 1. The predicted molar refractivity (Wildman–Crippen MR) is 67.6 cm³/mol. The number of nitrogens with zero attached hydrogens (tertiary/aromatic N) is 2. The molecule has 94 valence electrons. The molecule has 0 saturated carbocycles. The zero-order valence-corrected chi connectivity index (χ0v) is 10.3. The standard InChI is InChI=1S/C13H14N2O3/c1-14(2)12(16)8-15-6-5-9-7-10(13(17)18)3-4-11(9)15/h3-7H,8H2,1-2H3,(H,17,18). The molecular formula is C13H14N2O3. The van der Waals surface area contributed by atoms with E-state index >= 15 is 0 Å². The Balaban J connectivity index is 2.37. The summed E-state index contributed by atoms with van der Waals surface area (Å²) in [5, 5.41) is 9.72. The van der Waals surface area contributed by atoms with Crippen LogP contribution in [-0.4, -0.2) is 40.5 Å². The molecule has 1 aromatic carbocycles. The molecule has 5 heteroatoms. The molecule has 1 aromatic heterocycles. The molecule has 5 nitrogen and oxygen atoms in total. The maximum absolute atomic E-state index is 11.6. The average molecular weight is 246 g/mol. The molecule has 2 aromatic rings. The van der Waals surface area contributed by atoms with Crippen molar-refractivity contribution in [2.24, 2.45) is 0 Å². The molecule has 0 atom stereocenters. The van der Waals surface area contributed by atoms with Crippen molar-refractivity contribution in [3.63, 3.8) is 0 Å². The molecule has 0 aliphatic heterocycles. The second-order valence-corrected chi connectivity index (χ2v) is 4.31. The average Bonchev–Trinajstić information content (AvgIpc) is 2.71. The van der Waals surface area contributed by atoms with Crippen LogP contribution in [-0.2, 0) is 11.3 Å². The minimum atomic E-state index is -0.950. The molecule has 1 amide bonds. The van der Waals surface area contributed by atoms with Crippen LogP contribution in [0.1, 0.15) is 10.4 Å². The number of carbonyl (C=O) groups is 2. The molecule has 0 saturated heterocycles. The molecule has 1 N–H and O–H groups in total. The van der Waals surface area contributed by atoms with E-state index in [9.17, 15) is 9.59 Å². The number of aromatic nitrogens is 1. The van der Waals surface area contributed by atoms with Crippen molar-refractivity contribution < 1.29 is 14.7 Å². The van der Waals surface area contributed by atoms with E-state index < -0.39 is 5.97 Å². The molecule has 0 spiro atoms. The van der Waals surface area contributed by atoms with E-state index in [2.05, 4.69) is 0 Å². The number of hydrogen-bond acceptors (Lipinski definition) is 2. The quantitative estimate of drug-likeness (QED) is 0.891. The number of carboxylic acid groups (broad SMARTS) is 1. The smallest absolute Gasteiger partial charge is 0.335 e. The van der Waals surface area contributed by atoms with Gasteiger partial charge in [-0.15, -0.1) is 0 Å². The number of benzene rings is 1. The number of amides is 1. The molecule has 0 fully saturated rings.